The predicted octanol–water partition coefficient (Wildman–Crippen LogP) is 4.77. The number of fused-ring (bicyclic) bond motifs is 3. The Balaban J connectivity index is 0.00000272. The fourth-order valence-electron chi connectivity index (χ4n) is 3.90. The molecule has 0 fully saturated rings. The SMILES string of the molecule is CCN(CC)Cc1c(CO)nc2n1-c1ccc(Cl)cc1C(c1ccccc1F)=NC2.Cl. The van der Waals surface area contributed by atoms with Gasteiger partial charge in [0.2, 0.25) is 0 Å². The Morgan fingerprint density at radius 1 is 1.13 bits per heavy atom. The van der Waals surface area contributed by atoms with Crippen molar-refractivity contribution in [2.75, 3.05) is 13.1 Å². The maximum atomic E-state index is 14.6. The number of imidazole rings is 1. The van der Waals surface area contributed by atoms with E-state index in [2.05, 4.69) is 23.7 Å². The largest absolute Gasteiger partial charge is 0.390 e. The van der Waals surface area contributed by atoms with E-state index < -0.39 is 0 Å². The molecule has 0 radical (unpaired) electrons. The van der Waals surface area contributed by atoms with Crippen molar-refractivity contribution in [2.24, 2.45) is 4.99 Å². The second kappa shape index (κ2) is 9.92. The van der Waals surface area contributed by atoms with Crippen molar-refractivity contribution < 1.29 is 9.50 Å². The van der Waals surface area contributed by atoms with Crippen molar-refractivity contribution in [1.29, 1.82) is 0 Å². The molecule has 0 bridgehead atoms. The number of aliphatic hydroxyl groups is 1. The molecule has 1 aromatic heterocycles. The van der Waals surface area contributed by atoms with E-state index in [0.717, 1.165) is 35.9 Å². The van der Waals surface area contributed by atoms with Crippen molar-refractivity contribution in [3.63, 3.8) is 0 Å². The number of nitrogens with zero attached hydrogens (tertiary/aromatic N) is 4. The zero-order valence-corrected chi connectivity index (χ0v) is 19.0. The van der Waals surface area contributed by atoms with Crippen molar-refractivity contribution in [1.82, 2.24) is 14.5 Å². The van der Waals surface area contributed by atoms with Gasteiger partial charge in [-0.2, -0.15) is 0 Å². The first-order valence-electron chi connectivity index (χ1n) is 10.1. The summed E-state index contributed by atoms with van der Waals surface area (Å²) in [6.07, 6.45) is 0. The number of benzene rings is 2. The highest BCUT2D eigenvalue weighted by molar-refractivity contribution is 6.31. The van der Waals surface area contributed by atoms with E-state index in [9.17, 15) is 9.50 Å². The molecule has 1 aliphatic rings. The molecule has 0 saturated heterocycles. The number of halogens is 3. The highest BCUT2D eigenvalue weighted by Gasteiger charge is 2.26. The third kappa shape index (κ3) is 4.39. The first-order valence-corrected chi connectivity index (χ1v) is 10.5. The van der Waals surface area contributed by atoms with Crippen molar-refractivity contribution in [2.45, 2.75) is 33.5 Å². The fraction of sp³-hybridized carbons (Fsp3) is 0.304. The normalized spacial score (nSPS) is 12.6. The Hall–Kier alpha value is -2.25. The monoisotopic (exact) mass is 462 g/mol. The average Bonchev–Trinajstić information content (AvgIpc) is 3.02. The van der Waals surface area contributed by atoms with Crippen LogP contribution in [0, 0.1) is 5.82 Å². The third-order valence-corrected chi connectivity index (χ3v) is 5.74. The van der Waals surface area contributed by atoms with E-state index >= 15 is 0 Å². The zero-order chi connectivity index (χ0) is 21.3. The van der Waals surface area contributed by atoms with Crippen LogP contribution in [0.15, 0.2) is 47.5 Å². The fourth-order valence-corrected chi connectivity index (χ4v) is 4.08. The van der Waals surface area contributed by atoms with E-state index in [-0.39, 0.29) is 31.4 Å². The van der Waals surface area contributed by atoms with Gasteiger partial charge in [-0.25, -0.2) is 9.37 Å². The molecule has 0 spiro atoms. The molecule has 5 nitrogen and oxygen atoms in total. The highest BCUT2D eigenvalue weighted by atomic mass is 35.5. The minimum Gasteiger partial charge on any atom is -0.390 e. The molecular weight excluding hydrogens is 438 g/mol. The molecule has 4 rings (SSSR count). The van der Waals surface area contributed by atoms with Gasteiger partial charge in [-0.15, -0.1) is 12.4 Å². The summed E-state index contributed by atoms with van der Waals surface area (Å²) in [7, 11) is 0. The Labute approximate surface area is 192 Å². The van der Waals surface area contributed by atoms with Crippen LogP contribution >= 0.6 is 24.0 Å². The Bertz CT molecular complexity index is 1110. The molecule has 164 valence electrons. The molecule has 0 unspecified atom stereocenters. The van der Waals surface area contributed by atoms with Gasteiger partial charge < -0.3 is 5.11 Å². The highest BCUT2D eigenvalue weighted by Crippen LogP contribution is 2.31. The molecule has 0 atom stereocenters. The van der Waals surface area contributed by atoms with Crippen molar-refractivity contribution in [3.8, 4) is 5.69 Å². The van der Waals surface area contributed by atoms with Crippen molar-refractivity contribution in [3.05, 3.63) is 81.6 Å². The quantitative estimate of drug-likeness (QED) is 0.573. The van der Waals surface area contributed by atoms with Gasteiger partial charge in [-0.1, -0.05) is 37.6 Å². The number of rotatable bonds is 6. The van der Waals surface area contributed by atoms with Crippen LogP contribution in [0.1, 0.15) is 42.2 Å². The molecule has 3 aromatic rings. The average molecular weight is 463 g/mol. The molecule has 2 heterocycles. The number of aliphatic imine (C=N–C) groups is 1. The van der Waals surface area contributed by atoms with Gasteiger partial charge in [0, 0.05) is 22.7 Å². The molecule has 0 saturated carbocycles. The summed E-state index contributed by atoms with van der Waals surface area (Å²) in [6.45, 7) is 6.75. The number of hydrogen-bond donors (Lipinski definition) is 1. The first-order chi connectivity index (χ1) is 14.6. The number of aromatic nitrogens is 2. The first kappa shape index (κ1) is 23.4. The van der Waals surface area contributed by atoms with Crippen LogP contribution in [0.4, 0.5) is 4.39 Å². The third-order valence-electron chi connectivity index (χ3n) is 5.50. The van der Waals surface area contributed by atoms with Crippen molar-refractivity contribution >= 4 is 29.7 Å². The maximum absolute atomic E-state index is 14.6. The lowest BCUT2D eigenvalue weighted by molar-refractivity contribution is 0.263. The molecular formula is C23H25Cl2FN4O. The lowest BCUT2D eigenvalue weighted by Crippen LogP contribution is -2.24. The molecule has 8 heteroatoms. The molecule has 31 heavy (non-hydrogen) atoms. The van der Waals surface area contributed by atoms with E-state index in [1.807, 2.05) is 22.8 Å². The van der Waals surface area contributed by atoms with E-state index in [1.54, 1.807) is 18.2 Å². The van der Waals surface area contributed by atoms with E-state index in [0.29, 0.717) is 28.5 Å². The standard InChI is InChI=1S/C23H24ClFN4O.ClH/c1-3-28(4-2)13-21-19(14-30)27-22-12-26-23(16-7-5-6-8-18(16)25)17-11-15(24)9-10-20(17)29(21)22;/h5-11,30H,3-4,12-14H2,1-2H3;1H. The lowest BCUT2D eigenvalue weighted by Gasteiger charge is -2.21. The van der Waals surface area contributed by atoms with E-state index in [1.165, 1.54) is 6.07 Å². The second-order valence-corrected chi connectivity index (χ2v) is 7.62. The number of aliphatic hydroxyl groups excluding tert-OH is 1. The van der Waals surface area contributed by atoms with E-state index in [4.69, 9.17) is 16.6 Å². The minimum absolute atomic E-state index is 0. The van der Waals surface area contributed by atoms with Gasteiger partial charge in [-0.05, 0) is 43.4 Å². The van der Waals surface area contributed by atoms with Gasteiger partial charge in [0.1, 0.15) is 11.6 Å². The topological polar surface area (TPSA) is 53.6 Å². The summed E-state index contributed by atoms with van der Waals surface area (Å²) < 4.78 is 16.7. The van der Waals surface area contributed by atoms with Crippen LogP contribution in [-0.2, 0) is 19.7 Å². The van der Waals surface area contributed by atoms with Crippen LogP contribution in [0.2, 0.25) is 5.02 Å². The Morgan fingerprint density at radius 3 is 2.55 bits per heavy atom. The molecule has 1 N–H and O–H groups in total. The Morgan fingerprint density at radius 2 is 1.87 bits per heavy atom. The van der Waals surface area contributed by atoms with Crippen LogP contribution < -0.4 is 0 Å². The summed E-state index contributed by atoms with van der Waals surface area (Å²) in [5.41, 5.74) is 4.12. The molecule has 1 aliphatic heterocycles. The summed E-state index contributed by atoms with van der Waals surface area (Å²) in [5.74, 6) is 0.386. The van der Waals surface area contributed by atoms with Gasteiger partial charge in [0.25, 0.3) is 0 Å². The molecule has 2 aromatic carbocycles. The lowest BCUT2D eigenvalue weighted by atomic mass is 10.00. The van der Waals surface area contributed by atoms with Crippen LogP contribution in [0.3, 0.4) is 0 Å². The van der Waals surface area contributed by atoms with Gasteiger partial charge in [0.05, 0.1) is 35.9 Å². The smallest absolute Gasteiger partial charge is 0.135 e. The summed E-state index contributed by atoms with van der Waals surface area (Å²) in [6, 6.07) is 12.2. The maximum Gasteiger partial charge on any atom is 0.135 e. The Kier molecular flexibility index (Phi) is 7.49. The molecule has 0 amide bonds. The molecule has 0 aliphatic carbocycles. The second-order valence-electron chi connectivity index (χ2n) is 7.18. The van der Waals surface area contributed by atoms with Gasteiger partial charge in [0.15, 0.2) is 0 Å². The number of hydrogen-bond acceptors (Lipinski definition) is 4. The van der Waals surface area contributed by atoms with Crippen LogP contribution in [0.25, 0.3) is 5.69 Å². The van der Waals surface area contributed by atoms with Crippen LogP contribution in [0.5, 0.6) is 0 Å². The minimum atomic E-state index is -0.332. The van der Waals surface area contributed by atoms with Gasteiger partial charge >= 0.3 is 0 Å². The summed E-state index contributed by atoms with van der Waals surface area (Å²) >= 11 is 6.33. The predicted molar refractivity (Wildman–Crippen MR) is 124 cm³/mol. The zero-order valence-electron chi connectivity index (χ0n) is 17.5. The summed E-state index contributed by atoms with van der Waals surface area (Å²) in [5, 5.41) is 10.5. The van der Waals surface area contributed by atoms with Gasteiger partial charge in [-0.3, -0.25) is 14.5 Å². The van der Waals surface area contributed by atoms with Crippen LogP contribution in [-0.4, -0.2) is 38.4 Å². The summed E-state index contributed by atoms with van der Waals surface area (Å²) in [4.78, 5) is 11.7.